The van der Waals surface area contributed by atoms with Crippen molar-refractivity contribution >= 4 is 23.5 Å². The second-order valence-corrected chi connectivity index (χ2v) is 4.55. The highest BCUT2D eigenvalue weighted by Gasteiger charge is 2.37. The Morgan fingerprint density at radius 2 is 1.90 bits per heavy atom. The summed E-state index contributed by atoms with van der Waals surface area (Å²) in [7, 11) is 1.12. The first-order valence-electron chi connectivity index (χ1n) is 5.42. The zero-order valence-electron chi connectivity index (χ0n) is 10.5. The van der Waals surface area contributed by atoms with Gasteiger partial charge in [0.05, 0.1) is 11.1 Å². The van der Waals surface area contributed by atoms with Crippen LogP contribution in [0.3, 0.4) is 0 Å². The number of carboxylic acids is 1. The van der Waals surface area contributed by atoms with Crippen molar-refractivity contribution in [2.45, 2.75) is 19.1 Å². The molecule has 0 fully saturated rings. The summed E-state index contributed by atoms with van der Waals surface area (Å²) in [6.45, 7) is 1.20. The lowest BCUT2D eigenvalue weighted by Gasteiger charge is -2.23. The molecule has 1 amide bonds. The van der Waals surface area contributed by atoms with Crippen LogP contribution in [0.2, 0.25) is 5.02 Å². The van der Waals surface area contributed by atoms with E-state index in [-0.39, 0.29) is 5.02 Å². The molecule has 0 aliphatic carbocycles. The molecule has 0 heterocycles. The van der Waals surface area contributed by atoms with Gasteiger partial charge in [0.25, 0.3) is 5.91 Å². The van der Waals surface area contributed by atoms with Gasteiger partial charge >= 0.3 is 12.1 Å². The Balaban J connectivity index is 3.26. The van der Waals surface area contributed by atoms with Crippen molar-refractivity contribution in [3.63, 3.8) is 0 Å². The van der Waals surface area contributed by atoms with Crippen molar-refractivity contribution < 1.29 is 27.9 Å². The van der Waals surface area contributed by atoms with Gasteiger partial charge in [-0.25, -0.2) is 4.79 Å². The average Bonchev–Trinajstić information content (AvgIpc) is 2.34. The van der Waals surface area contributed by atoms with Crippen molar-refractivity contribution in [1.82, 2.24) is 4.90 Å². The van der Waals surface area contributed by atoms with E-state index in [2.05, 4.69) is 0 Å². The normalized spacial score (nSPS) is 12.9. The fourth-order valence-electron chi connectivity index (χ4n) is 1.47. The summed E-state index contributed by atoms with van der Waals surface area (Å²) in [5.74, 6) is -2.35. The molecule has 0 saturated carbocycles. The van der Waals surface area contributed by atoms with Crippen molar-refractivity contribution in [3.8, 4) is 0 Å². The minimum atomic E-state index is -4.76. The summed E-state index contributed by atoms with van der Waals surface area (Å²) in [5.41, 5.74) is -1.84. The van der Waals surface area contributed by atoms with Crippen LogP contribution < -0.4 is 0 Å². The summed E-state index contributed by atoms with van der Waals surface area (Å²) in [5, 5.41) is 8.62. The number of nitrogens with zero attached hydrogens (tertiary/aromatic N) is 1. The van der Waals surface area contributed by atoms with Crippen molar-refractivity contribution in [2.24, 2.45) is 0 Å². The van der Waals surface area contributed by atoms with E-state index in [1.165, 1.54) is 6.92 Å². The van der Waals surface area contributed by atoms with E-state index in [9.17, 15) is 22.8 Å². The molecule has 1 aromatic carbocycles. The number of aliphatic carboxylic acids is 1. The number of carbonyl (C=O) groups is 2. The van der Waals surface area contributed by atoms with Gasteiger partial charge in [0.1, 0.15) is 6.04 Å². The minimum absolute atomic E-state index is 0.164. The molecule has 0 aliphatic heterocycles. The number of hydrogen-bond donors (Lipinski definition) is 1. The molecule has 0 radical (unpaired) electrons. The van der Waals surface area contributed by atoms with E-state index >= 15 is 0 Å². The Bertz CT molecular complexity index is 545. The van der Waals surface area contributed by atoms with Gasteiger partial charge in [0, 0.05) is 12.1 Å². The van der Waals surface area contributed by atoms with E-state index in [0.29, 0.717) is 6.07 Å². The molecule has 0 aliphatic rings. The fraction of sp³-hybridized carbons (Fsp3) is 0.333. The first-order valence-corrected chi connectivity index (χ1v) is 5.80. The van der Waals surface area contributed by atoms with E-state index in [1.807, 2.05) is 0 Å². The summed E-state index contributed by atoms with van der Waals surface area (Å²) < 4.78 is 38.6. The topological polar surface area (TPSA) is 57.6 Å². The highest BCUT2D eigenvalue weighted by Crippen LogP contribution is 2.34. The van der Waals surface area contributed by atoms with Crippen LogP contribution in [-0.4, -0.2) is 35.0 Å². The SMILES string of the molecule is CC(C(=O)O)N(C)C(=O)c1ccc(Cl)cc1C(F)(F)F. The monoisotopic (exact) mass is 309 g/mol. The molecule has 0 saturated heterocycles. The Kier molecular flexibility index (Phi) is 4.65. The summed E-state index contributed by atoms with van der Waals surface area (Å²) in [4.78, 5) is 23.5. The molecule has 1 unspecified atom stereocenters. The maximum Gasteiger partial charge on any atom is 0.417 e. The van der Waals surface area contributed by atoms with Gasteiger partial charge in [0.2, 0.25) is 0 Å². The Morgan fingerprint density at radius 3 is 2.35 bits per heavy atom. The van der Waals surface area contributed by atoms with Gasteiger partial charge in [-0.15, -0.1) is 0 Å². The van der Waals surface area contributed by atoms with Crippen LogP contribution in [-0.2, 0) is 11.0 Å². The number of benzene rings is 1. The third-order valence-corrected chi connectivity index (χ3v) is 3.01. The number of amides is 1. The van der Waals surface area contributed by atoms with Gasteiger partial charge in [0.15, 0.2) is 0 Å². The molecule has 0 aromatic heterocycles. The summed E-state index contributed by atoms with van der Waals surface area (Å²) in [6.07, 6.45) is -4.76. The molecule has 8 heteroatoms. The third kappa shape index (κ3) is 3.41. The van der Waals surface area contributed by atoms with Crippen LogP contribution in [0.15, 0.2) is 18.2 Å². The summed E-state index contributed by atoms with van der Waals surface area (Å²) in [6, 6.07) is 1.45. The zero-order chi connectivity index (χ0) is 15.7. The number of carboxylic acid groups (broad SMARTS) is 1. The van der Waals surface area contributed by atoms with E-state index in [0.717, 1.165) is 24.1 Å². The minimum Gasteiger partial charge on any atom is -0.480 e. The van der Waals surface area contributed by atoms with Gasteiger partial charge in [-0.3, -0.25) is 4.79 Å². The Hall–Kier alpha value is -1.76. The second kappa shape index (κ2) is 5.70. The van der Waals surface area contributed by atoms with Crippen molar-refractivity contribution in [2.75, 3.05) is 7.05 Å². The average molecular weight is 310 g/mol. The highest BCUT2D eigenvalue weighted by molar-refractivity contribution is 6.30. The molecule has 110 valence electrons. The smallest absolute Gasteiger partial charge is 0.417 e. The highest BCUT2D eigenvalue weighted by atomic mass is 35.5. The number of likely N-dealkylation sites (N-methyl/N-ethyl adjacent to an activating group) is 1. The number of alkyl halides is 3. The van der Waals surface area contributed by atoms with Crippen LogP contribution in [0.1, 0.15) is 22.8 Å². The van der Waals surface area contributed by atoms with Crippen LogP contribution >= 0.6 is 11.6 Å². The van der Waals surface area contributed by atoms with Crippen molar-refractivity contribution in [3.05, 3.63) is 34.3 Å². The van der Waals surface area contributed by atoms with Crippen LogP contribution in [0, 0.1) is 0 Å². The quantitative estimate of drug-likeness (QED) is 0.934. The van der Waals surface area contributed by atoms with Gasteiger partial charge in [-0.05, 0) is 25.1 Å². The number of halogens is 4. The lowest BCUT2D eigenvalue weighted by molar-refractivity contribution is -0.141. The van der Waals surface area contributed by atoms with Gasteiger partial charge in [-0.1, -0.05) is 11.6 Å². The lowest BCUT2D eigenvalue weighted by atomic mass is 10.1. The number of rotatable bonds is 3. The second-order valence-electron chi connectivity index (χ2n) is 4.12. The molecule has 1 aromatic rings. The van der Waals surface area contributed by atoms with Crippen LogP contribution in [0.4, 0.5) is 13.2 Å². The van der Waals surface area contributed by atoms with Crippen molar-refractivity contribution in [1.29, 1.82) is 0 Å². The standard InChI is InChI=1S/C12H11ClF3NO3/c1-6(11(19)20)17(2)10(18)8-4-3-7(13)5-9(8)12(14,15)16/h3-6H,1-2H3,(H,19,20). The van der Waals surface area contributed by atoms with E-state index < -0.39 is 35.2 Å². The summed E-state index contributed by atoms with van der Waals surface area (Å²) >= 11 is 5.50. The maximum absolute atomic E-state index is 12.9. The van der Waals surface area contributed by atoms with Crippen LogP contribution in [0.5, 0.6) is 0 Å². The number of carbonyl (C=O) groups excluding carboxylic acids is 1. The van der Waals surface area contributed by atoms with Gasteiger partial charge in [-0.2, -0.15) is 13.2 Å². The van der Waals surface area contributed by atoms with E-state index in [4.69, 9.17) is 16.7 Å². The fourth-order valence-corrected chi connectivity index (χ4v) is 1.64. The van der Waals surface area contributed by atoms with Gasteiger partial charge < -0.3 is 10.0 Å². The Labute approximate surface area is 117 Å². The number of hydrogen-bond acceptors (Lipinski definition) is 2. The van der Waals surface area contributed by atoms with E-state index in [1.54, 1.807) is 0 Å². The molecule has 1 rings (SSSR count). The van der Waals surface area contributed by atoms with Crippen LogP contribution in [0.25, 0.3) is 0 Å². The third-order valence-electron chi connectivity index (χ3n) is 2.78. The molecular formula is C12H11ClF3NO3. The first kappa shape index (κ1) is 16.3. The molecule has 1 atom stereocenters. The predicted molar refractivity (Wildman–Crippen MR) is 65.6 cm³/mol. The molecule has 20 heavy (non-hydrogen) atoms. The molecule has 1 N–H and O–H groups in total. The molecule has 4 nitrogen and oxygen atoms in total. The molecular weight excluding hydrogens is 299 g/mol. The predicted octanol–water partition coefficient (Wildman–Crippen LogP) is 2.90. The lowest BCUT2D eigenvalue weighted by Crippen LogP contribution is -2.40. The molecule has 0 spiro atoms. The zero-order valence-corrected chi connectivity index (χ0v) is 11.3. The Morgan fingerprint density at radius 1 is 1.35 bits per heavy atom. The first-order chi connectivity index (χ1) is 9.05. The largest absolute Gasteiger partial charge is 0.480 e. The maximum atomic E-state index is 12.9. The molecule has 0 bridgehead atoms.